The first-order valence-corrected chi connectivity index (χ1v) is 11.3. The van der Waals surface area contributed by atoms with Crippen LogP contribution in [0.25, 0.3) is 5.69 Å². The van der Waals surface area contributed by atoms with Crippen LogP contribution in [0.2, 0.25) is 0 Å². The first kappa shape index (κ1) is 21.5. The molecule has 8 heteroatoms. The largest absolute Gasteiger partial charge is 0.325 e. The summed E-state index contributed by atoms with van der Waals surface area (Å²) in [7, 11) is 3.93. The van der Waals surface area contributed by atoms with Gasteiger partial charge in [0.15, 0.2) is 11.0 Å². The Morgan fingerprint density at radius 1 is 1.16 bits per heavy atom. The third-order valence-electron chi connectivity index (χ3n) is 5.61. The van der Waals surface area contributed by atoms with E-state index in [1.165, 1.54) is 41.4 Å². The topological polar surface area (TPSA) is 63.1 Å². The monoisotopic (exact) mass is 439 g/mol. The van der Waals surface area contributed by atoms with Gasteiger partial charge in [-0.2, -0.15) is 0 Å². The van der Waals surface area contributed by atoms with Gasteiger partial charge in [-0.05, 0) is 87.8 Å². The van der Waals surface area contributed by atoms with Crippen LogP contribution >= 0.6 is 11.8 Å². The van der Waals surface area contributed by atoms with E-state index >= 15 is 0 Å². The van der Waals surface area contributed by atoms with E-state index in [-0.39, 0.29) is 23.5 Å². The van der Waals surface area contributed by atoms with Crippen LogP contribution in [0.1, 0.15) is 36.3 Å². The van der Waals surface area contributed by atoms with Crippen LogP contribution in [-0.4, -0.2) is 45.4 Å². The van der Waals surface area contributed by atoms with Gasteiger partial charge >= 0.3 is 0 Å². The van der Waals surface area contributed by atoms with Crippen LogP contribution in [0.5, 0.6) is 0 Å². The van der Waals surface area contributed by atoms with Crippen molar-refractivity contribution in [3.8, 4) is 5.69 Å². The van der Waals surface area contributed by atoms with Crippen molar-refractivity contribution in [3.05, 3.63) is 65.2 Å². The molecular weight excluding hydrogens is 413 g/mol. The summed E-state index contributed by atoms with van der Waals surface area (Å²) in [5, 5.41) is 12.3. The van der Waals surface area contributed by atoms with E-state index in [4.69, 9.17) is 0 Å². The highest BCUT2D eigenvalue weighted by molar-refractivity contribution is 7.99. The van der Waals surface area contributed by atoms with Crippen molar-refractivity contribution in [1.82, 2.24) is 19.7 Å². The molecule has 162 valence electrons. The van der Waals surface area contributed by atoms with Crippen molar-refractivity contribution in [2.24, 2.45) is 0 Å². The van der Waals surface area contributed by atoms with Gasteiger partial charge in [0, 0.05) is 11.4 Å². The molecule has 4 rings (SSSR count). The Bertz CT molecular complexity index is 1080. The summed E-state index contributed by atoms with van der Waals surface area (Å²) in [6.07, 6.45) is 3.36. The number of hydrogen-bond acceptors (Lipinski definition) is 5. The smallest absolute Gasteiger partial charge is 0.234 e. The molecule has 1 atom stereocenters. The van der Waals surface area contributed by atoms with E-state index in [9.17, 15) is 9.18 Å². The molecule has 1 heterocycles. The van der Waals surface area contributed by atoms with E-state index in [1.807, 2.05) is 36.6 Å². The Kier molecular flexibility index (Phi) is 6.38. The van der Waals surface area contributed by atoms with E-state index in [0.717, 1.165) is 30.0 Å². The molecule has 0 spiro atoms. The Balaban J connectivity index is 1.51. The van der Waals surface area contributed by atoms with Crippen molar-refractivity contribution in [3.63, 3.8) is 0 Å². The number of benzene rings is 2. The lowest BCUT2D eigenvalue weighted by Gasteiger charge is -2.20. The Labute approximate surface area is 185 Å². The SMILES string of the molecule is C[C@H](c1nnc(SCC(=O)Nc2ccc3c(c2)CCC3)n1-c1ccc(F)cc1)N(C)C. The van der Waals surface area contributed by atoms with Gasteiger partial charge in [0.1, 0.15) is 5.82 Å². The lowest BCUT2D eigenvalue weighted by atomic mass is 10.1. The average Bonchev–Trinajstić information content (AvgIpc) is 3.38. The molecule has 6 nitrogen and oxygen atoms in total. The molecule has 0 unspecified atom stereocenters. The highest BCUT2D eigenvalue weighted by Crippen LogP contribution is 2.28. The zero-order valence-electron chi connectivity index (χ0n) is 17.9. The van der Waals surface area contributed by atoms with Crippen molar-refractivity contribution in [1.29, 1.82) is 0 Å². The van der Waals surface area contributed by atoms with E-state index in [1.54, 1.807) is 12.1 Å². The van der Waals surface area contributed by atoms with Crippen LogP contribution in [0.15, 0.2) is 47.6 Å². The van der Waals surface area contributed by atoms with Crippen LogP contribution in [-0.2, 0) is 17.6 Å². The normalized spacial score (nSPS) is 14.0. The molecular formula is C23H26FN5OS. The number of nitrogens with one attached hydrogen (secondary N) is 1. The van der Waals surface area contributed by atoms with Gasteiger partial charge in [-0.3, -0.25) is 14.3 Å². The Morgan fingerprint density at radius 2 is 1.90 bits per heavy atom. The van der Waals surface area contributed by atoms with Crippen molar-refractivity contribution >= 4 is 23.4 Å². The fraction of sp³-hybridized carbons (Fsp3) is 0.348. The van der Waals surface area contributed by atoms with E-state index in [0.29, 0.717) is 5.16 Å². The summed E-state index contributed by atoms with van der Waals surface area (Å²) in [5.74, 6) is 0.533. The predicted molar refractivity (Wildman–Crippen MR) is 121 cm³/mol. The first-order valence-electron chi connectivity index (χ1n) is 10.3. The molecule has 0 fully saturated rings. The highest BCUT2D eigenvalue weighted by Gasteiger charge is 2.21. The molecule has 0 saturated carbocycles. The maximum absolute atomic E-state index is 13.5. The number of fused-ring (bicyclic) bond motifs is 1. The lowest BCUT2D eigenvalue weighted by molar-refractivity contribution is -0.113. The molecule has 31 heavy (non-hydrogen) atoms. The lowest BCUT2D eigenvalue weighted by Crippen LogP contribution is -2.21. The molecule has 1 aliphatic carbocycles. The predicted octanol–water partition coefficient (Wildman–Crippen LogP) is 4.25. The maximum atomic E-state index is 13.5. The molecule has 1 N–H and O–H groups in total. The van der Waals surface area contributed by atoms with Gasteiger partial charge in [0.2, 0.25) is 5.91 Å². The first-order chi connectivity index (χ1) is 14.9. The molecule has 1 aromatic heterocycles. The number of carbonyl (C=O) groups excluding carboxylic acids is 1. The van der Waals surface area contributed by atoms with Crippen LogP contribution in [0.3, 0.4) is 0 Å². The number of aromatic nitrogens is 3. The summed E-state index contributed by atoms with van der Waals surface area (Å²) in [5.41, 5.74) is 4.29. The van der Waals surface area contributed by atoms with Gasteiger partial charge in [-0.1, -0.05) is 17.8 Å². The number of nitrogens with zero attached hydrogens (tertiary/aromatic N) is 4. The molecule has 0 bridgehead atoms. The van der Waals surface area contributed by atoms with Gasteiger partial charge in [-0.15, -0.1) is 10.2 Å². The minimum Gasteiger partial charge on any atom is -0.325 e. The fourth-order valence-electron chi connectivity index (χ4n) is 3.69. The molecule has 1 amide bonds. The van der Waals surface area contributed by atoms with Gasteiger partial charge in [-0.25, -0.2) is 4.39 Å². The average molecular weight is 440 g/mol. The minimum atomic E-state index is -0.304. The Morgan fingerprint density at radius 3 is 2.65 bits per heavy atom. The highest BCUT2D eigenvalue weighted by atomic mass is 32.2. The summed E-state index contributed by atoms with van der Waals surface area (Å²) < 4.78 is 15.3. The molecule has 0 saturated heterocycles. The van der Waals surface area contributed by atoms with Crippen LogP contribution in [0, 0.1) is 5.82 Å². The van der Waals surface area contributed by atoms with E-state index < -0.39 is 0 Å². The summed E-state index contributed by atoms with van der Waals surface area (Å²) >= 11 is 1.31. The zero-order chi connectivity index (χ0) is 22.0. The number of thioether (sulfide) groups is 1. The number of hydrogen-bond donors (Lipinski definition) is 1. The molecule has 3 aromatic rings. The van der Waals surface area contributed by atoms with Gasteiger partial charge in [0.25, 0.3) is 0 Å². The number of rotatable bonds is 7. The molecule has 0 aliphatic heterocycles. The van der Waals surface area contributed by atoms with Crippen molar-refractivity contribution in [2.45, 2.75) is 37.4 Å². The fourth-order valence-corrected chi connectivity index (χ4v) is 4.44. The summed E-state index contributed by atoms with van der Waals surface area (Å²) in [6.45, 7) is 2.03. The number of halogens is 1. The van der Waals surface area contributed by atoms with Crippen LogP contribution in [0.4, 0.5) is 10.1 Å². The maximum Gasteiger partial charge on any atom is 0.234 e. The third-order valence-corrected chi connectivity index (χ3v) is 6.54. The quantitative estimate of drug-likeness (QED) is 0.558. The number of aryl methyl sites for hydroxylation is 2. The summed E-state index contributed by atoms with van der Waals surface area (Å²) in [4.78, 5) is 14.6. The van der Waals surface area contributed by atoms with Crippen LogP contribution < -0.4 is 5.32 Å². The number of carbonyl (C=O) groups is 1. The molecule has 2 aromatic carbocycles. The number of amides is 1. The number of anilines is 1. The standard InChI is InChI=1S/C23H26FN5OS/c1-15(28(2)3)22-26-27-23(29(22)20-11-8-18(24)9-12-20)31-14-21(30)25-19-10-7-16-5-4-6-17(16)13-19/h7-13,15H,4-6,14H2,1-3H3,(H,25,30)/t15-/m1/s1. The minimum absolute atomic E-state index is 0.00727. The summed E-state index contributed by atoms with van der Waals surface area (Å²) in [6, 6.07) is 12.3. The second-order valence-corrected chi connectivity index (χ2v) is 8.91. The zero-order valence-corrected chi connectivity index (χ0v) is 18.7. The molecule has 0 radical (unpaired) electrons. The van der Waals surface area contributed by atoms with Crippen molar-refractivity contribution in [2.75, 3.05) is 25.2 Å². The van der Waals surface area contributed by atoms with Gasteiger partial charge < -0.3 is 5.32 Å². The second kappa shape index (κ2) is 9.20. The Hall–Kier alpha value is -2.71. The molecule has 1 aliphatic rings. The van der Waals surface area contributed by atoms with Crippen molar-refractivity contribution < 1.29 is 9.18 Å². The van der Waals surface area contributed by atoms with Gasteiger partial charge in [0.05, 0.1) is 11.8 Å². The van der Waals surface area contributed by atoms with E-state index in [2.05, 4.69) is 27.6 Å². The third kappa shape index (κ3) is 4.80. The second-order valence-electron chi connectivity index (χ2n) is 7.97.